The van der Waals surface area contributed by atoms with Gasteiger partial charge in [0.15, 0.2) is 6.10 Å². The third-order valence-corrected chi connectivity index (χ3v) is 3.12. The standard InChI is InChI=1S/C11H19NO4/c1-2-15-10(13)9-7-12-8-11(16-9)3-5-14-6-4-11/h9,12H,2-8H2,1H3. The lowest BCUT2D eigenvalue weighted by Gasteiger charge is -2.43. The van der Waals surface area contributed by atoms with Gasteiger partial charge < -0.3 is 19.5 Å². The molecule has 16 heavy (non-hydrogen) atoms. The van der Waals surface area contributed by atoms with Crippen molar-refractivity contribution in [2.24, 2.45) is 0 Å². The second kappa shape index (κ2) is 5.12. The molecule has 1 unspecified atom stereocenters. The molecule has 1 atom stereocenters. The van der Waals surface area contributed by atoms with Crippen LogP contribution in [0.4, 0.5) is 0 Å². The zero-order chi connectivity index (χ0) is 11.4. The Balaban J connectivity index is 1.94. The Morgan fingerprint density at radius 3 is 2.94 bits per heavy atom. The molecule has 0 radical (unpaired) electrons. The molecular formula is C11H19NO4. The quantitative estimate of drug-likeness (QED) is 0.680. The summed E-state index contributed by atoms with van der Waals surface area (Å²) in [6, 6.07) is 0. The third-order valence-electron chi connectivity index (χ3n) is 3.12. The molecule has 2 aliphatic rings. The maximum Gasteiger partial charge on any atom is 0.336 e. The number of hydrogen-bond donors (Lipinski definition) is 1. The molecule has 5 nitrogen and oxygen atoms in total. The van der Waals surface area contributed by atoms with Crippen LogP contribution in [0.5, 0.6) is 0 Å². The van der Waals surface area contributed by atoms with E-state index in [1.165, 1.54) is 0 Å². The van der Waals surface area contributed by atoms with Crippen LogP contribution in [0.1, 0.15) is 19.8 Å². The molecule has 0 bridgehead atoms. The summed E-state index contributed by atoms with van der Waals surface area (Å²) < 4.78 is 16.2. The Morgan fingerprint density at radius 2 is 2.25 bits per heavy atom. The fourth-order valence-corrected chi connectivity index (χ4v) is 2.22. The molecule has 2 saturated heterocycles. The SMILES string of the molecule is CCOC(=O)C1CNCC2(CCOCC2)O1. The molecule has 92 valence electrons. The van der Waals surface area contributed by atoms with Crippen molar-refractivity contribution >= 4 is 5.97 Å². The Hall–Kier alpha value is -0.650. The van der Waals surface area contributed by atoms with Crippen molar-refractivity contribution in [2.75, 3.05) is 32.9 Å². The summed E-state index contributed by atoms with van der Waals surface area (Å²) in [5, 5.41) is 3.25. The van der Waals surface area contributed by atoms with Gasteiger partial charge in [-0.3, -0.25) is 0 Å². The summed E-state index contributed by atoms with van der Waals surface area (Å²) in [7, 11) is 0. The highest BCUT2D eigenvalue weighted by molar-refractivity contribution is 5.75. The van der Waals surface area contributed by atoms with E-state index in [-0.39, 0.29) is 11.6 Å². The Bertz CT molecular complexity index is 245. The van der Waals surface area contributed by atoms with E-state index in [0.29, 0.717) is 26.4 Å². The van der Waals surface area contributed by atoms with Crippen molar-refractivity contribution in [1.29, 1.82) is 0 Å². The first-order valence-corrected chi connectivity index (χ1v) is 5.89. The van der Waals surface area contributed by atoms with E-state index in [2.05, 4.69) is 5.32 Å². The van der Waals surface area contributed by atoms with Crippen LogP contribution in [0.2, 0.25) is 0 Å². The number of esters is 1. The number of carbonyl (C=O) groups excluding carboxylic acids is 1. The number of nitrogens with one attached hydrogen (secondary N) is 1. The summed E-state index contributed by atoms with van der Waals surface area (Å²) in [5.74, 6) is -0.263. The molecule has 0 aromatic heterocycles. The van der Waals surface area contributed by atoms with Gasteiger partial charge in [-0.05, 0) is 6.92 Å². The Kier molecular flexibility index (Phi) is 3.78. The van der Waals surface area contributed by atoms with Gasteiger partial charge in [-0.15, -0.1) is 0 Å². The molecule has 1 N–H and O–H groups in total. The van der Waals surface area contributed by atoms with Crippen LogP contribution in [0.3, 0.4) is 0 Å². The van der Waals surface area contributed by atoms with Crippen molar-refractivity contribution in [1.82, 2.24) is 5.32 Å². The van der Waals surface area contributed by atoms with Gasteiger partial charge in [0, 0.05) is 39.1 Å². The number of morpholine rings is 1. The predicted octanol–water partition coefficient (Wildman–Crippen LogP) is 0.0871. The van der Waals surface area contributed by atoms with Crippen LogP contribution in [-0.2, 0) is 19.0 Å². The van der Waals surface area contributed by atoms with E-state index < -0.39 is 6.10 Å². The van der Waals surface area contributed by atoms with Crippen LogP contribution < -0.4 is 5.32 Å². The first-order valence-electron chi connectivity index (χ1n) is 5.89. The lowest BCUT2D eigenvalue weighted by molar-refractivity contribution is -0.189. The second-order valence-corrected chi connectivity index (χ2v) is 4.28. The van der Waals surface area contributed by atoms with Gasteiger partial charge in [0.05, 0.1) is 12.2 Å². The van der Waals surface area contributed by atoms with Gasteiger partial charge >= 0.3 is 5.97 Å². The molecule has 0 aromatic rings. The highest BCUT2D eigenvalue weighted by atomic mass is 16.6. The average molecular weight is 229 g/mol. The summed E-state index contributed by atoms with van der Waals surface area (Å²) in [6.45, 7) is 4.95. The lowest BCUT2D eigenvalue weighted by atomic mass is 9.92. The van der Waals surface area contributed by atoms with Crippen molar-refractivity contribution in [3.05, 3.63) is 0 Å². The zero-order valence-corrected chi connectivity index (χ0v) is 9.66. The minimum atomic E-state index is -0.466. The van der Waals surface area contributed by atoms with E-state index in [0.717, 1.165) is 19.4 Å². The molecule has 0 saturated carbocycles. The molecule has 2 rings (SSSR count). The fraction of sp³-hybridized carbons (Fsp3) is 0.909. The molecule has 2 aliphatic heterocycles. The fourth-order valence-electron chi connectivity index (χ4n) is 2.22. The van der Waals surface area contributed by atoms with Gasteiger partial charge in [0.25, 0.3) is 0 Å². The highest BCUT2D eigenvalue weighted by Gasteiger charge is 2.41. The summed E-state index contributed by atoms with van der Waals surface area (Å²) >= 11 is 0. The van der Waals surface area contributed by atoms with Crippen molar-refractivity contribution in [2.45, 2.75) is 31.5 Å². The number of carbonyl (C=O) groups is 1. The first kappa shape index (κ1) is 11.8. The molecule has 0 amide bonds. The average Bonchev–Trinajstić information content (AvgIpc) is 2.30. The Labute approximate surface area is 95.4 Å². The third kappa shape index (κ3) is 2.53. The Morgan fingerprint density at radius 1 is 1.50 bits per heavy atom. The largest absolute Gasteiger partial charge is 0.464 e. The maximum absolute atomic E-state index is 11.6. The van der Waals surface area contributed by atoms with Crippen LogP contribution in [0.15, 0.2) is 0 Å². The van der Waals surface area contributed by atoms with Gasteiger partial charge in [-0.25, -0.2) is 4.79 Å². The normalized spacial score (nSPS) is 28.9. The highest BCUT2D eigenvalue weighted by Crippen LogP contribution is 2.28. The monoisotopic (exact) mass is 229 g/mol. The summed E-state index contributed by atoms with van der Waals surface area (Å²) in [6.07, 6.45) is 1.22. The summed E-state index contributed by atoms with van der Waals surface area (Å²) in [4.78, 5) is 11.6. The lowest BCUT2D eigenvalue weighted by Crippen LogP contribution is -2.58. The maximum atomic E-state index is 11.6. The number of hydrogen-bond acceptors (Lipinski definition) is 5. The molecule has 5 heteroatoms. The van der Waals surface area contributed by atoms with Gasteiger partial charge in [0.2, 0.25) is 0 Å². The van der Waals surface area contributed by atoms with E-state index in [1.54, 1.807) is 6.92 Å². The van der Waals surface area contributed by atoms with Crippen LogP contribution >= 0.6 is 0 Å². The number of ether oxygens (including phenoxy) is 3. The molecule has 2 heterocycles. The molecule has 1 spiro atoms. The van der Waals surface area contributed by atoms with Gasteiger partial charge in [-0.2, -0.15) is 0 Å². The van der Waals surface area contributed by atoms with Gasteiger partial charge in [0.1, 0.15) is 0 Å². The summed E-state index contributed by atoms with van der Waals surface area (Å²) in [5.41, 5.74) is -0.228. The minimum Gasteiger partial charge on any atom is -0.464 e. The molecule has 0 aliphatic carbocycles. The van der Waals surface area contributed by atoms with E-state index in [4.69, 9.17) is 14.2 Å². The topological polar surface area (TPSA) is 56.8 Å². The van der Waals surface area contributed by atoms with Crippen molar-refractivity contribution in [3.8, 4) is 0 Å². The van der Waals surface area contributed by atoms with E-state index in [1.807, 2.05) is 0 Å². The first-order chi connectivity index (χ1) is 7.76. The smallest absolute Gasteiger partial charge is 0.336 e. The van der Waals surface area contributed by atoms with Crippen LogP contribution in [-0.4, -0.2) is 50.6 Å². The molecule has 2 fully saturated rings. The molecule has 0 aromatic carbocycles. The predicted molar refractivity (Wildman–Crippen MR) is 57.2 cm³/mol. The van der Waals surface area contributed by atoms with E-state index >= 15 is 0 Å². The number of rotatable bonds is 2. The second-order valence-electron chi connectivity index (χ2n) is 4.28. The van der Waals surface area contributed by atoms with Crippen LogP contribution in [0.25, 0.3) is 0 Å². The zero-order valence-electron chi connectivity index (χ0n) is 9.66. The van der Waals surface area contributed by atoms with Crippen molar-refractivity contribution < 1.29 is 19.0 Å². The minimum absolute atomic E-state index is 0.228. The van der Waals surface area contributed by atoms with Gasteiger partial charge in [-0.1, -0.05) is 0 Å². The van der Waals surface area contributed by atoms with E-state index in [9.17, 15) is 4.79 Å². The molecular weight excluding hydrogens is 210 g/mol. The van der Waals surface area contributed by atoms with Crippen LogP contribution in [0, 0.1) is 0 Å². The van der Waals surface area contributed by atoms with Crippen molar-refractivity contribution in [3.63, 3.8) is 0 Å².